The molecule has 0 saturated carbocycles. The molecule has 1 aromatic carbocycles. The van der Waals surface area contributed by atoms with Gasteiger partial charge in [0, 0.05) is 24.2 Å². The molecule has 1 aromatic heterocycles. The zero-order chi connectivity index (χ0) is 18.2. The van der Waals surface area contributed by atoms with Crippen LogP contribution in [-0.4, -0.2) is 34.8 Å². The maximum Gasteiger partial charge on any atom is 0.255 e. The molecule has 6 heteroatoms. The second kappa shape index (κ2) is 8.82. The van der Waals surface area contributed by atoms with Gasteiger partial charge >= 0.3 is 0 Å². The van der Waals surface area contributed by atoms with E-state index in [9.17, 15) is 9.59 Å². The molecule has 0 saturated heterocycles. The van der Waals surface area contributed by atoms with E-state index in [-0.39, 0.29) is 11.8 Å². The fourth-order valence-electron chi connectivity index (χ4n) is 2.51. The van der Waals surface area contributed by atoms with E-state index in [4.69, 9.17) is 5.73 Å². The number of nitrogens with one attached hydrogen (secondary N) is 1. The van der Waals surface area contributed by atoms with Crippen LogP contribution in [0.1, 0.15) is 47.4 Å². The van der Waals surface area contributed by atoms with E-state index in [0.29, 0.717) is 35.7 Å². The molecule has 0 fully saturated rings. The first-order valence-corrected chi connectivity index (χ1v) is 8.47. The van der Waals surface area contributed by atoms with Crippen molar-refractivity contribution in [2.75, 3.05) is 24.1 Å². The maximum atomic E-state index is 12.7. The lowest BCUT2D eigenvalue weighted by Crippen LogP contribution is -2.32. The summed E-state index contributed by atoms with van der Waals surface area (Å²) in [6.07, 6.45) is 3.29. The molecule has 2 rings (SSSR count). The van der Waals surface area contributed by atoms with E-state index in [1.807, 2.05) is 18.7 Å². The predicted octanol–water partition coefficient (Wildman–Crippen LogP) is 3.18. The van der Waals surface area contributed by atoms with Crippen LogP contribution in [0.2, 0.25) is 0 Å². The van der Waals surface area contributed by atoms with Gasteiger partial charge in [0.05, 0.1) is 11.9 Å². The summed E-state index contributed by atoms with van der Waals surface area (Å²) >= 11 is 0. The van der Waals surface area contributed by atoms with Gasteiger partial charge in [0.1, 0.15) is 5.82 Å². The lowest BCUT2D eigenvalue weighted by atomic mass is 10.1. The molecular weight excluding hydrogens is 316 g/mol. The SMILES string of the molecule is CCCN(CCC)C(=O)c1cccc(C(=O)Nc2ccc(N)nc2)c1. The number of benzene rings is 1. The number of amides is 2. The number of nitrogen functional groups attached to an aromatic ring is 1. The van der Waals surface area contributed by atoms with Crippen LogP contribution >= 0.6 is 0 Å². The zero-order valence-electron chi connectivity index (χ0n) is 14.7. The van der Waals surface area contributed by atoms with E-state index in [2.05, 4.69) is 10.3 Å². The molecule has 25 heavy (non-hydrogen) atoms. The topological polar surface area (TPSA) is 88.3 Å². The minimum Gasteiger partial charge on any atom is -0.384 e. The second-order valence-corrected chi connectivity index (χ2v) is 5.80. The monoisotopic (exact) mass is 340 g/mol. The Bertz CT molecular complexity index is 722. The van der Waals surface area contributed by atoms with Crippen LogP contribution in [0, 0.1) is 0 Å². The van der Waals surface area contributed by atoms with Crippen molar-refractivity contribution in [3.63, 3.8) is 0 Å². The Hall–Kier alpha value is -2.89. The number of hydrogen-bond acceptors (Lipinski definition) is 4. The molecular formula is C19H24N4O2. The van der Waals surface area contributed by atoms with Gasteiger partial charge in [-0.25, -0.2) is 4.98 Å². The van der Waals surface area contributed by atoms with Crippen molar-refractivity contribution < 1.29 is 9.59 Å². The Kier molecular flexibility index (Phi) is 6.51. The minimum atomic E-state index is -0.293. The van der Waals surface area contributed by atoms with Gasteiger partial charge in [-0.3, -0.25) is 9.59 Å². The van der Waals surface area contributed by atoms with Crippen molar-refractivity contribution in [2.24, 2.45) is 0 Å². The highest BCUT2D eigenvalue weighted by Crippen LogP contribution is 2.13. The van der Waals surface area contributed by atoms with Crippen molar-refractivity contribution in [1.82, 2.24) is 9.88 Å². The number of hydrogen-bond donors (Lipinski definition) is 2. The average Bonchev–Trinajstić information content (AvgIpc) is 2.63. The van der Waals surface area contributed by atoms with E-state index >= 15 is 0 Å². The summed E-state index contributed by atoms with van der Waals surface area (Å²) in [6, 6.07) is 10.1. The molecule has 0 aliphatic rings. The Morgan fingerprint density at radius 3 is 2.36 bits per heavy atom. The van der Waals surface area contributed by atoms with E-state index in [1.54, 1.807) is 36.4 Å². The maximum absolute atomic E-state index is 12.7. The number of rotatable bonds is 7. The van der Waals surface area contributed by atoms with Gasteiger partial charge in [0.25, 0.3) is 11.8 Å². The van der Waals surface area contributed by atoms with Crippen molar-refractivity contribution in [3.05, 3.63) is 53.7 Å². The van der Waals surface area contributed by atoms with Crippen LogP contribution < -0.4 is 11.1 Å². The van der Waals surface area contributed by atoms with Gasteiger partial charge in [-0.15, -0.1) is 0 Å². The van der Waals surface area contributed by atoms with Gasteiger partial charge in [-0.1, -0.05) is 19.9 Å². The number of aromatic nitrogens is 1. The van der Waals surface area contributed by atoms with Crippen LogP contribution in [0.25, 0.3) is 0 Å². The normalized spacial score (nSPS) is 10.3. The smallest absolute Gasteiger partial charge is 0.255 e. The summed E-state index contributed by atoms with van der Waals surface area (Å²) in [7, 11) is 0. The van der Waals surface area contributed by atoms with E-state index in [1.165, 1.54) is 6.20 Å². The third-order valence-corrected chi connectivity index (χ3v) is 3.69. The summed E-state index contributed by atoms with van der Waals surface area (Å²) in [5.74, 6) is 0.0452. The van der Waals surface area contributed by atoms with Gasteiger partial charge in [-0.2, -0.15) is 0 Å². The molecule has 1 heterocycles. The lowest BCUT2D eigenvalue weighted by Gasteiger charge is -2.21. The van der Waals surface area contributed by atoms with E-state index in [0.717, 1.165) is 12.8 Å². The van der Waals surface area contributed by atoms with Gasteiger partial charge in [0.15, 0.2) is 0 Å². The number of carbonyl (C=O) groups is 2. The Morgan fingerprint density at radius 2 is 1.76 bits per heavy atom. The zero-order valence-corrected chi connectivity index (χ0v) is 14.7. The quantitative estimate of drug-likeness (QED) is 0.810. The summed E-state index contributed by atoms with van der Waals surface area (Å²) in [5, 5.41) is 2.75. The van der Waals surface area contributed by atoms with E-state index < -0.39 is 0 Å². The van der Waals surface area contributed by atoms with Crippen molar-refractivity contribution in [2.45, 2.75) is 26.7 Å². The molecule has 132 valence electrons. The highest BCUT2D eigenvalue weighted by Gasteiger charge is 2.16. The highest BCUT2D eigenvalue weighted by molar-refractivity contribution is 6.06. The minimum absolute atomic E-state index is 0.0486. The second-order valence-electron chi connectivity index (χ2n) is 5.80. The third-order valence-electron chi connectivity index (χ3n) is 3.69. The van der Waals surface area contributed by atoms with Gasteiger partial charge < -0.3 is 16.0 Å². The standard InChI is InChI=1S/C19H24N4O2/c1-3-10-23(11-4-2)19(25)15-7-5-6-14(12-15)18(24)22-16-8-9-17(20)21-13-16/h5-9,12-13H,3-4,10-11H2,1-2H3,(H2,20,21)(H,22,24). The summed E-state index contributed by atoms with van der Waals surface area (Å²) in [6.45, 7) is 5.50. The number of pyridine rings is 1. The summed E-state index contributed by atoms with van der Waals surface area (Å²) < 4.78 is 0. The molecule has 0 atom stereocenters. The Balaban J connectivity index is 2.15. The molecule has 0 aliphatic carbocycles. The first-order chi connectivity index (χ1) is 12.0. The molecule has 0 radical (unpaired) electrons. The molecule has 0 unspecified atom stereocenters. The number of nitrogens with zero attached hydrogens (tertiary/aromatic N) is 2. The first kappa shape index (κ1) is 18.4. The van der Waals surface area contributed by atoms with Gasteiger partial charge in [-0.05, 0) is 43.2 Å². The number of nitrogens with two attached hydrogens (primary N) is 1. The van der Waals surface area contributed by atoms with Crippen molar-refractivity contribution in [1.29, 1.82) is 0 Å². The Labute approximate surface area is 148 Å². The van der Waals surface area contributed by atoms with Crippen LogP contribution in [-0.2, 0) is 0 Å². The average molecular weight is 340 g/mol. The molecule has 0 bridgehead atoms. The Morgan fingerprint density at radius 1 is 1.08 bits per heavy atom. The third kappa shape index (κ3) is 5.04. The molecule has 2 aromatic rings. The fourth-order valence-corrected chi connectivity index (χ4v) is 2.51. The molecule has 2 amide bonds. The molecule has 6 nitrogen and oxygen atoms in total. The largest absolute Gasteiger partial charge is 0.384 e. The molecule has 0 aliphatic heterocycles. The predicted molar refractivity (Wildman–Crippen MR) is 99.5 cm³/mol. The molecule has 3 N–H and O–H groups in total. The fraction of sp³-hybridized carbons (Fsp3) is 0.316. The summed E-state index contributed by atoms with van der Waals surface area (Å²) in [5.41, 5.74) is 7.03. The van der Waals surface area contributed by atoms with Crippen LogP contribution in [0.3, 0.4) is 0 Å². The highest BCUT2D eigenvalue weighted by atomic mass is 16.2. The van der Waals surface area contributed by atoms with Crippen molar-refractivity contribution in [3.8, 4) is 0 Å². The van der Waals surface area contributed by atoms with Gasteiger partial charge in [0.2, 0.25) is 0 Å². The lowest BCUT2D eigenvalue weighted by molar-refractivity contribution is 0.0755. The van der Waals surface area contributed by atoms with Crippen LogP contribution in [0.5, 0.6) is 0 Å². The molecule has 0 spiro atoms. The summed E-state index contributed by atoms with van der Waals surface area (Å²) in [4.78, 5) is 30.8. The van der Waals surface area contributed by atoms with Crippen molar-refractivity contribution >= 4 is 23.3 Å². The number of anilines is 2. The first-order valence-electron chi connectivity index (χ1n) is 8.47. The van der Waals surface area contributed by atoms with Crippen LogP contribution in [0.4, 0.5) is 11.5 Å². The van der Waals surface area contributed by atoms with Crippen LogP contribution in [0.15, 0.2) is 42.6 Å². The number of carbonyl (C=O) groups excluding carboxylic acids is 2.